The SMILES string of the molecule is CCCCCCCCC[C@@H](OC(=O)[C@@H]1CCCN1C(=O)/C(C)=C/[C@H](C(C)C)N(C)C(=O)[C@@H](NC(=O)[C@H]1CCCCN1C)C(C)C)c1ccccc1. The molecular formula is C42H68N4O5. The molecular weight excluding hydrogens is 640 g/mol. The summed E-state index contributed by atoms with van der Waals surface area (Å²) >= 11 is 0. The van der Waals surface area contributed by atoms with E-state index < -0.39 is 12.1 Å². The molecule has 2 aliphatic heterocycles. The summed E-state index contributed by atoms with van der Waals surface area (Å²) in [5.41, 5.74) is 1.47. The number of unbranched alkanes of at least 4 members (excludes halogenated alkanes) is 6. The van der Waals surface area contributed by atoms with Crippen LogP contribution in [0.25, 0.3) is 0 Å². The largest absolute Gasteiger partial charge is 0.456 e. The van der Waals surface area contributed by atoms with E-state index in [0.717, 1.165) is 57.1 Å². The summed E-state index contributed by atoms with van der Waals surface area (Å²) < 4.78 is 6.20. The summed E-state index contributed by atoms with van der Waals surface area (Å²) in [6, 6.07) is 8.00. The van der Waals surface area contributed by atoms with Crippen molar-refractivity contribution in [1.29, 1.82) is 0 Å². The maximum Gasteiger partial charge on any atom is 0.329 e. The number of carbonyl (C=O) groups excluding carboxylic acids is 4. The standard InChI is InChI=1S/C42H68N4O5/c1-9-10-11-12-13-14-18-26-37(33-22-16-15-17-23-33)51-42(50)35-25-21-28-46(35)40(48)32(6)29-36(30(2)3)45(8)41(49)38(31(4)5)43-39(47)34-24-19-20-27-44(34)7/h15-17,22-23,29-31,34-38H,9-14,18-21,24-28H2,1-8H3,(H,43,47)/b32-29+/t34-,35+,36-,37-,38+/m1/s1. The van der Waals surface area contributed by atoms with Crippen LogP contribution in [0.5, 0.6) is 0 Å². The van der Waals surface area contributed by atoms with E-state index in [1.54, 1.807) is 23.8 Å². The van der Waals surface area contributed by atoms with Gasteiger partial charge in [-0.3, -0.25) is 19.3 Å². The van der Waals surface area contributed by atoms with E-state index >= 15 is 0 Å². The molecule has 51 heavy (non-hydrogen) atoms. The molecule has 3 amide bonds. The van der Waals surface area contributed by atoms with Crippen molar-refractivity contribution in [2.75, 3.05) is 27.2 Å². The third-order valence-corrected chi connectivity index (χ3v) is 10.8. The van der Waals surface area contributed by atoms with Crippen LogP contribution >= 0.6 is 0 Å². The van der Waals surface area contributed by atoms with Crippen molar-refractivity contribution in [2.45, 2.75) is 155 Å². The minimum absolute atomic E-state index is 0.00677. The number of rotatable bonds is 19. The van der Waals surface area contributed by atoms with Crippen LogP contribution in [0.3, 0.4) is 0 Å². The van der Waals surface area contributed by atoms with E-state index in [1.165, 1.54) is 32.1 Å². The molecule has 2 aliphatic rings. The predicted molar refractivity (Wildman–Crippen MR) is 205 cm³/mol. The summed E-state index contributed by atoms with van der Waals surface area (Å²) in [6.07, 6.45) is 14.7. The fourth-order valence-electron chi connectivity index (χ4n) is 7.56. The van der Waals surface area contributed by atoms with Crippen LogP contribution in [0.2, 0.25) is 0 Å². The predicted octanol–water partition coefficient (Wildman–Crippen LogP) is 7.46. The minimum atomic E-state index is -0.681. The molecule has 2 heterocycles. The Morgan fingerprint density at radius 3 is 2.16 bits per heavy atom. The lowest BCUT2D eigenvalue weighted by Gasteiger charge is -2.36. The number of nitrogens with one attached hydrogen (secondary N) is 1. The molecule has 9 heteroatoms. The number of nitrogens with zero attached hydrogens (tertiary/aromatic N) is 3. The van der Waals surface area contributed by atoms with Gasteiger partial charge in [-0.15, -0.1) is 0 Å². The van der Waals surface area contributed by atoms with Crippen LogP contribution in [0.15, 0.2) is 42.0 Å². The van der Waals surface area contributed by atoms with Gasteiger partial charge >= 0.3 is 5.97 Å². The summed E-state index contributed by atoms with van der Waals surface area (Å²) in [5, 5.41) is 3.06. The van der Waals surface area contributed by atoms with Crippen molar-refractivity contribution in [3.05, 3.63) is 47.5 Å². The molecule has 0 bridgehead atoms. The second-order valence-corrected chi connectivity index (χ2v) is 15.7. The fraction of sp³-hybridized carbons (Fsp3) is 0.714. The van der Waals surface area contributed by atoms with Crippen LogP contribution in [0.4, 0.5) is 0 Å². The van der Waals surface area contributed by atoms with E-state index in [9.17, 15) is 19.2 Å². The second kappa shape index (κ2) is 21.4. The van der Waals surface area contributed by atoms with E-state index in [0.29, 0.717) is 18.5 Å². The van der Waals surface area contributed by atoms with Crippen molar-refractivity contribution in [3.63, 3.8) is 0 Å². The molecule has 0 aliphatic carbocycles. The van der Waals surface area contributed by atoms with E-state index in [4.69, 9.17) is 4.74 Å². The average molecular weight is 709 g/mol. The third-order valence-electron chi connectivity index (χ3n) is 10.8. The average Bonchev–Trinajstić information content (AvgIpc) is 3.61. The maximum atomic E-state index is 14.0. The molecule has 0 radical (unpaired) electrons. The van der Waals surface area contributed by atoms with Crippen LogP contribution in [-0.4, -0.2) is 89.7 Å². The molecule has 1 aromatic rings. The highest BCUT2D eigenvalue weighted by Crippen LogP contribution is 2.29. The first-order valence-corrected chi connectivity index (χ1v) is 19.9. The number of amides is 3. The Balaban J connectivity index is 1.69. The molecule has 0 aromatic heterocycles. The third kappa shape index (κ3) is 12.5. The van der Waals surface area contributed by atoms with Gasteiger partial charge in [0.1, 0.15) is 18.2 Å². The molecule has 2 saturated heterocycles. The van der Waals surface area contributed by atoms with Crippen LogP contribution in [0, 0.1) is 11.8 Å². The van der Waals surface area contributed by atoms with Gasteiger partial charge in [0.15, 0.2) is 0 Å². The quantitative estimate of drug-likeness (QED) is 0.0911. The van der Waals surface area contributed by atoms with E-state index in [1.807, 2.05) is 71.2 Å². The molecule has 1 N–H and O–H groups in total. The summed E-state index contributed by atoms with van der Waals surface area (Å²) in [5.74, 6) is -0.950. The Morgan fingerprint density at radius 2 is 1.53 bits per heavy atom. The van der Waals surface area contributed by atoms with Crippen LogP contribution in [-0.2, 0) is 23.9 Å². The molecule has 0 saturated carbocycles. The summed E-state index contributed by atoms with van der Waals surface area (Å²) in [7, 11) is 3.71. The lowest BCUT2D eigenvalue weighted by atomic mass is 9.96. The van der Waals surface area contributed by atoms with Crippen LogP contribution < -0.4 is 5.32 Å². The van der Waals surface area contributed by atoms with E-state index in [2.05, 4.69) is 17.1 Å². The van der Waals surface area contributed by atoms with Gasteiger partial charge in [0.25, 0.3) is 0 Å². The Hall–Kier alpha value is -3.20. The Bertz CT molecular complexity index is 1280. The van der Waals surface area contributed by atoms with Gasteiger partial charge in [0, 0.05) is 19.2 Å². The first-order valence-electron chi connectivity index (χ1n) is 19.9. The molecule has 9 nitrogen and oxygen atoms in total. The zero-order chi connectivity index (χ0) is 37.5. The number of hydrogen-bond donors (Lipinski definition) is 1. The number of piperidine rings is 1. The number of carbonyl (C=O) groups is 4. The van der Waals surface area contributed by atoms with Crippen LogP contribution in [0.1, 0.15) is 137 Å². The molecule has 2 fully saturated rings. The Kier molecular flexibility index (Phi) is 17.7. The molecule has 3 rings (SSSR count). The number of hydrogen-bond acceptors (Lipinski definition) is 6. The van der Waals surface area contributed by atoms with Gasteiger partial charge in [0.2, 0.25) is 17.7 Å². The summed E-state index contributed by atoms with van der Waals surface area (Å²) in [4.78, 5) is 60.3. The zero-order valence-corrected chi connectivity index (χ0v) is 33.0. The van der Waals surface area contributed by atoms with Gasteiger partial charge in [-0.25, -0.2) is 4.79 Å². The highest BCUT2D eigenvalue weighted by atomic mass is 16.5. The summed E-state index contributed by atoms with van der Waals surface area (Å²) in [6.45, 7) is 13.3. The van der Waals surface area contributed by atoms with E-state index in [-0.39, 0.29) is 53.7 Å². The lowest BCUT2D eigenvalue weighted by molar-refractivity contribution is -0.158. The molecule has 1 aromatic carbocycles. The minimum Gasteiger partial charge on any atom is -0.456 e. The highest BCUT2D eigenvalue weighted by Gasteiger charge is 2.38. The number of likely N-dealkylation sites (N-methyl/N-ethyl adjacent to an activating group) is 2. The van der Waals surface area contributed by atoms with Crippen molar-refractivity contribution in [3.8, 4) is 0 Å². The van der Waals surface area contributed by atoms with Crippen molar-refractivity contribution < 1.29 is 23.9 Å². The smallest absolute Gasteiger partial charge is 0.329 e. The second-order valence-electron chi connectivity index (χ2n) is 15.7. The van der Waals surface area contributed by atoms with Gasteiger partial charge in [-0.05, 0) is 76.4 Å². The number of likely N-dealkylation sites (tertiary alicyclic amines) is 2. The van der Waals surface area contributed by atoms with Gasteiger partial charge < -0.3 is 19.9 Å². The zero-order valence-electron chi connectivity index (χ0n) is 33.0. The van der Waals surface area contributed by atoms with Gasteiger partial charge in [-0.1, -0.05) is 116 Å². The first-order chi connectivity index (χ1) is 24.4. The molecule has 5 atom stereocenters. The Morgan fingerprint density at radius 1 is 0.882 bits per heavy atom. The lowest BCUT2D eigenvalue weighted by Crippen LogP contribution is -2.57. The molecule has 286 valence electrons. The number of benzene rings is 1. The number of esters is 1. The van der Waals surface area contributed by atoms with Crippen molar-refractivity contribution in [1.82, 2.24) is 20.0 Å². The van der Waals surface area contributed by atoms with Crippen molar-refractivity contribution >= 4 is 23.7 Å². The molecule has 0 spiro atoms. The van der Waals surface area contributed by atoms with Crippen molar-refractivity contribution in [2.24, 2.45) is 11.8 Å². The normalized spacial score (nSPS) is 20.3. The monoisotopic (exact) mass is 709 g/mol. The van der Waals surface area contributed by atoms with Gasteiger partial charge in [0.05, 0.1) is 12.1 Å². The Labute approximate surface area is 308 Å². The topological polar surface area (TPSA) is 99.3 Å². The fourth-order valence-corrected chi connectivity index (χ4v) is 7.56. The highest BCUT2D eigenvalue weighted by molar-refractivity contribution is 5.96. The molecule has 0 unspecified atom stereocenters. The van der Waals surface area contributed by atoms with Gasteiger partial charge in [-0.2, -0.15) is 0 Å². The first kappa shape index (κ1) is 42.2. The number of ether oxygens (including phenoxy) is 1. The maximum absolute atomic E-state index is 14.0.